The lowest BCUT2D eigenvalue weighted by molar-refractivity contribution is -0.119. The molecule has 0 spiro atoms. The Hall–Kier alpha value is -10.3. The van der Waals surface area contributed by atoms with Gasteiger partial charge in [0.2, 0.25) is 5.91 Å². The predicted octanol–water partition coefficient (Wildman–Crippen LogP) is 12.3. The quantitative estimate of drug-likeness (QED) is 0.0833. The highest BCUT2D eigenvalue weighted by molar-refractivity contribution is 5.97. The zero-order valence-electron chi connectivity index (χ0n) is 44.3. The molecule has 0 fully saturated rings. The van der Waals surface area contributed by atoms with E-state index < -0.39 is 40.9 Å². The number of halogens is 2. The first kappa shape index (κ1) is 51.4. The van der Waals surface area contributed by atoms with Crippen molar-refractivity contribution < 1.29 is 18.3 Å². The molecule has 12 rings (SSSR count). The molecule has 398 valence electrons. The van der Waals surface area contributed by atoms with E-state index in [9.17, 15) is 9.18 Å². The van der Waals surface area contributed by atoms with Gasteiger partial charge in [-0.05, 0) is 100.0 Å². The third kappa shape index (κ3) is 9.25. The molecule has 0 radical (unpaired) electrons. The second-order valence-electron chi connectivity index (χ2n) is 19.8. The number of amides is 1. The van der Waals surface area contributed by atoms with Crippen LogP contribution in [-0.2, 0) is 42.6 Å². The number of hydrogen-bond donors (Lipinski definition) is 0. The number of aryl methyl sites for hydroxylation is 2. The van der Waals surface area contributed by atoms with Gasteiger partial charge in [-0.2, -0.15) is 0 Å². The van der Waals surface area contributed by atoms with Crippen molar-refractivity contribution in [1.29, 1.82) is 0 Å². The van der Waals surface area contributed by atoms with Crippen molar-refractivity contribution in [3.8, 4) is 16.9 Å². The third-order valence-corrected chi connectivity index (χ3v) is 15.1. The van der Waals surface area contributed by atoms with Gasteiger partial charge in [-0.1, -0.05) is 188 Å². The van der Waals surface area contributed by atoms with E-state index in [-0.39, 0.29) is 18.9 Å². The molecule has 12 aromatic rings. The SMILES string of the molecule is Cc1cc(-c2ccc(OCc3nncn3C(c3ccccc3)(c3ccccc3)c3ccccc3)c(F)c2)c2c(c1)n(CC(=O)N(Cc1nncn1C(c1ccccc1)(c1ccccc1)c1ccccc1)c1ccc(F)cc1)c(=O)n2C. The van der Waals surface area contributed by atoms with Crippen molar-refractivity contribution in [2.24, 2.45) is 7.05 Å². The van der Waals surface area contributed by atoms with Gasteiger partial charge < -0.3 is 9.64 Å². The maximum atomic E-state index is 16.6. The Balaban J connectivity index is 0.877. The third-order valence-electron chi connectivity index (χ3n) is 15.1. The normalized spacial score (nSPS) is 11.7. The molecule has 14 heteroatoms. The number of anilines is 1. The molecular formula is C67H53F2N9O3. The Kier molecular flexibility index (Phi) is 13.9. The van der Waals surface area contributed by atoms with E-state index in [0.717, 1.165) is 38.9 Å². The van der Waals surface area contributed by atoms with Crippen LogP contribution < -0.4 is 15.3 Å². The zero-order valence-corrected chi connectivity index (χ0v) is 44.3. The maximum absolute atomic E-state index is 16.6. The van der Waals surface area contributed by atoms with Crippen molar-refractivity contribution in [3.05, 3.63) is 322 Å². The van der Waals surface area contributed by atoms with Crippen molar-refractivity contribution >= 4 is 22.6 Å². The average Bonchev–Trinajstić information content (AvgIpc) is 4.44. The second-order valence-corrected chi connectivity index (χ2v) is 19.8. The Morgan fingerprint density at radius 3 is 1.46 bits per heavy atom. The molecule has 0 unspecified atom stereocenters. The van der Waals surface area contributed by atoms with Crippen LogP contribution in [0, 0.1) is 18.6 Å². The van der Waals surface area contributed by atoms with E-state index in [1.807, 2.05) is 137 Å². The molecule has 0 bridgehead atoms. The van der Waals surface area contributed by atoms with Crippen LogP contribution in [-0.4, -0.2) is 44.6 Å². The molecule has 0 aliphatic rings. The highest BCUT2D eigenvalue weighted by Crippen LogP contribution is 2.44. The van der Waals surface area contributed by atoms with Crippen molar-refractivity contribution in [2.45, 2.75) is 37.7 Å². The first-order valence-electron chi connectivity index (χ1n) is 26.5. The molecule has 0 aliphatic carbocycles. The fraction of sp³-hybridized carbons (Fsp3) is 0.104. The summed E-state index contributed by atoms with van der Waals surface area (Å²) >= 11 is 0. The molecule has 9 aromatic carbocycles. The summed E-state index contributed by atoms with van der Waals surface area (Å²) in [5.41, 5.74) is 6.45. The number of aromatic nitrogens is 8. The molecule has 81 heavy (non-hydrogen) atoms. The van der Waals surface area contributed by atoms with E-state index >= 15 is 9.18 Å². The Labute approximate surface area is 466 Å². The summed E-state index contributed by atoms with van der Waals surface area (Å²) in [6, 6.07) is 74.5. The van der Waals surface area contributed by atoms with Gasteiger partial charge in [0.25, 0.3) is 0 Å². The number of carbonyl (C=O) groups is 1. The Morgan fingerprint density at radius 2 is 1.00 bits per heavy atom. The van der Waals surface area contributed by atoms with Crippen LogP contribution >= 0.6 is 0 Å². The molecule has 3 aromatic heterocycles. The summed E-state index contributed by atoms with van der Waals surface area (Å²) in [6.45, 7) is 1.25. The summed E-state index contributed by atoms with van der Waals surface area (Å²) < 4.78 is 44.4. The fourth-order valence-corrected chi connectivity index (χ4v) is 11.5. The minimum Gasteiger partial charge on any atom is -0.483 e. The van der Waals surface area contributed by atoms with E-state index in [1.165, 1.54) is 44.4 Å². The van der Waals surface area contributed by atoms with Gasteiger partial charge in [-0.3, -0.25) is 23.1 Å². The summed E-state index contributed by atoms with van der Waals surface area (Å²) in [6.07, 6.45) is 3.35. The molecule has 0 saturated heterocycles. The first-order valence-corrected chi connectivity index (χ1v) is 26.5. The molecule has 3 heterocycles. The van der Waals surface area contributed by atoms with Crippen LogP contribution in [0.3, 0.4) is 0 Å². The number of fused-ring (bicyclic) bond motifs is 1. The van der Waals surface area contributed by atoms with E-state index in [2.05, 4.69) is 93.2 Å². The number of hydrogen-bond acceptors (Lipinski definition) is 7. The number of imidazole rings is 1. The van der Waals surface area contributed by atoms with Crippen molar-refractivity contribution in [2.75, 3.05) is 4.90 Å². The number of ether oxygens (including phenoxy) is 1. The maximum Gasteiger partial charge on any atom is 0.329 e. The van der Waals surface area contributed by atoms with Crippen LogP contribution in [0.25, 0.3) is 22.2 Å². The van der Waals surface area contributed by atoms with Crippen LogP contribution in [0.15, 0.2) is 254 Å². The highest BCUT2D eigenvalue weighted by atomic mass is 19.1. The minimum absolute atomic E-state index is 0.00995. The number of carbonyl (C=O) groups excluding carboxylic acids is 1. The van der Waals surface area contributed by atoms with Gasteiger partial charge in [0.1, 0.15) is 42.7 Å². The molecule has 0 saturated carbocycles. The highest BCUT2D eigenvalue weighted by Gasteiger charge is 2.42. The van der Waals surface area contributed by atoms with Gasteiger partial charge in [0, 0.05) is 18.3 Å². The van der Waals surface area contributed by atoms with Crippen molar-refractivity contribution in [3.63, 3.8) is 0 Å². The molecule has 0 N–H and O–H groups in total. The van der Waals surface area contributed by atoms with Gasteiger partial charge in [-0.15, -0.1) is 20.4 Å². The Bertz CT molecular complexity index is 4020. The predicted molar refractivity (Wildman–Crippen MR) is 308 cm³/mol. The fourth-order valence-electron chi connectivity index (χ4n) is 11.5. The summed E-state index contributed by atoms with van der Waals surface area (Å²) in [5, 5.41) is 18.0. The van der Waals surface area contributed by atoms with E-state index in [1.54, 1.807) is 31.8 Å². The Morgan fingerprint density at radius 1 is 0.556 bits per heavy atom. The topological polar surface area (TPSA) is 118 Å². The summed E-state index contributed by atoms with van der Waals surface area (Å²) in [4.78, 5) is 31.2. The largest absolute Gasteiger partial charge is 0.483 e. The van der Waals surface area contributed by atoms with Crippen LogP contribution in [0.5, 0.6) is 5.75 Å². The standard InChI is InChI=1S/C67H53F2N9O3/c1-47-39-57(48-33-38-60(58(69)41-48)81-44-62-73-71-46-78(62)67(52-27-15-6-16-28-52,53-29-17-7-18-30-53)54-31-19-8-20-32-54)64-59(40-47)76(65(80)74(64)2)43-63(79)75(56-36-34-55(68)35-37-56)42-61-72-70-45-77(61)66(49-21-9-3-10-22-49,50-23-11-4-12-24-50)51-25-13-5-14-26-51/h3-41,45-46H,42-44H2,1-2H3. The van der Waals surface area contributed by atoms with E-state index in [0.29, 0.717) is 39.5 Å². The zero-order chi connectivity index (χ0) is 55.5. The number of benzene rings is 9. The lowest BCUT2D eigenvalue weighted by atomic mass is 9.76. The second kappa shape index (κ2) is 21.8. The van der Waals surface area contributed by atoms with Gasteiger partial charge in [0.15, 0.2) is 23.2 Å². The van der Waals surface area contributed by atoms with Gasteiger partial charge in [0.05, 0.1) is 17.6 Å². The molecular weight excluding hydrogens is 1020 g/mol. The minimum atomic E-state index is -1.01. The van der Waals surface area contributed by atoms with Gasteiger partial charge in [-0.25, -0.2) is 13.6 Å². The van der Waals surface area contributed by atoms with Crippen LogP contribution in [0.2, 0.25) is 0 Å². The summed E-state index contributed by atoms with van der Waals surface area (Å²) in [7, 11) is 1.63. The molecule has 0 aliphatic heterocycles. The van der Waals surface area contributed by atoms with E-state index in [4.69, 9.17) is 4.74 Å². The van der Waals surface area contributed by atoms with Crippen molar-refractivity contribution in [1.82, 2.24) is 38.7 Å². The molecule has 12 nitrogen and oxygen atoms in total. The van der Waals surface area contributed by atoms with Crippen LogP contribution in [0.1, 0.15) is 50.6 Å². The number of rotatable bonds is 17. The average molecular weight is 1070 g/mol. The molecule has 0 atom stereocenters. The molecule has 1 amide bonds. The lowest BCUT2D eigenvalue weighted by Crippen LogP contribution is -2.41. The summed E-state index contributed by atoms with van der Waals surface area (Å²) in [5.74, 6) is -0.719. The number of nitrogens with zero attached hydrogens (tertiary/aromatic N) is 9. The van der Waals surface area contributed by atoms with Gasteiger partial charge >= 0.3 is 5.69 Å². The van der Waals surface area contributed by atoms with Crippen LogP contribution in [0.4, 0.5) is 14.5 Å². The smallest absolute Gasteiger partial charge is 0.329 e. The monoisotopic (exact) mass is 1070 g/mol. The first-order chi connectivity index (χ1) is 39.7. The lowest BCUT2D eigenvalue weighted by Gasteiger charge is -2.38.